The van der Waals surface area contributed by atoms with E-state index in [0.29, 0.717) is 6.54 Å². The van der Waals surface area contributed by atoms with Gasteiger partial charge in [-0.1, -0.05) is 6.07 Å². The van der Waals surface area contributed by atoms with Crippen molar-refractivity contribution in [2.24, 2.45) is 0 Å². The van der Waals surface area contributed by atoms with Crippen LogP contribution in [0.1, 0.15) is 31.0 Å². The van der Waals surface area contributed by atoms with E-state index < -0.39 is 5.38 Å². The number of hydrogen-bond acceptors (Lipinski definition) is 3. The zero-order chi connectivity index (χ0) is 16.1. The van der Waals surface area contributed by atoms with Gasteiger partial charge in [0.1, 0.15) is 11.1 Å². The van der Waals surface area contributed by atoms with E-state index in [9.17, 15) is 4.79 Å². The minimum Gasteiger partial charge on any atom is -0.496 e. The van der Waals surface area contributed by atoms with Crippen LogP contribution in [-0.2, 0) is 11.3 Å². The number of rotatable bonds is 6. The van der Waals surface area contributed by atoms with Crippen LogP contribution in [-0.4, -0.2) is 28.2 Å². The van der Waals surface area contributed by atoms with Crippen molar-refractivity contribution >= 4 is 17.5 Å². The molecule has 0 saturated carbocycles. The molecule has 5 nitrogen and oxygen atoms in total. The third kappa shape index (κ3) is 4.01. The average Bonchev–Trinajstić information content (AvgIpc) is 2.99. The fourth-order valence-electron chi connectivity index (χ4n) is 2.17. The number of aromatic nitrogens is 2. The number of ether oxygens (including phenoxy) is 1. The fraction of sp³-hybridized carbons (Fsp3) is 0.375. The van der Waals surface area contributed by atoms with Gasteiger partial charge in [0.15, 0.2) is 0 Å². The molecule has 118 valence electrons. The first-order chi connectivity index (χ1) is 10.5. The van der Waals surface area contributed by atoms with E-state index in [4.69, 9.17) is 16.3 Å². The average molecular weight is 322 g/mol. The number of benzene rings is 1. The Hall–Kier alpha value is -2.01. The molecule has 0 spiro atoms. The molecule has 0 saturated heterocycles. The highest BCUT2D eigenvalue weighted by Gasteiger charge is 2.15. The molecule has 2 rings (SSSR count). The number of hydrogen-bond donors (Lipinski definition) is 1. The van der Waals surface area contributed by atoms with Crippen LogP contribution in [0.15, 0.2) is 36.7 Å². The molecule has 2 unspecified atom stereocenters. The van der Waals surface area contributed by atoms with E-state index in [1.165, 1.54) is 0 Å². The van der Waals surface area contributed by atoms with Crippen LogP contribution in [0.3, 0.4) is 0 Å². The second kappa shape index (κ2) is 7.31. The maximum Gasteiger partial charge on any atom is 0.238 e. The minimum atomic E-state index is -0.552. The number of alkyl halides is 1. The highest BCUT2D eigenvalue weighted by Crippen LogP contribution is 2.24. The van der Waals surface area contributed by atoms with Crippen LogP contribution in [0, 0.1) is 0 Å². The van der Waals surface area contributed by atoms with Crippen LogP contribution >= 0.6 is 11.6 Å². The van der Waals surface area contributed by atoms with Gasteiger partial charge in [-0.05, 0) is 37.6 Å². The van der Waals surface area contributed by atoms with Gasteiger partial charge in [-0.3, -0.25) is 9.48 Å². The van der Waals surface area contributed by atoms with Crippen molar-refractivity contribution in [2.75, 3.05) is 7.11 Å². The van der Waals surface area contributed by atoms with Gasteiger partial charge in [0.05, 0.1) is 19.7 Å². The summed E-state index contributed by atoms with van der Waals surface area (Å²) in [6.07, 6.45) is 3.63. The van der Waals surface area contributed by atoms with Crippen molar-refractivity contribution < 1.29 is 9.53 Å². The largest absolute Gasteiger partial charge is 0.496 e. The van der Waals surface area contributed by atoms with Crippen LogP contribution in [0.25, 0.3) is 0 Å². The molecule has 0 aliphatic rings. The molecule has 1 N–H and O–H groups in total. The highest BCUT2D eigenvalue weighted by molar-refractivity contribution is 6.30. The minimum absolute atomic E-state index is 0.129. The third-order valence-corrected chi connectivity index (χ3v) is 3.61. The molecule has 1 aromatic carbocycles. The number of halogens is 1. The first-order valence-electron chi connectivity index (χ1n) is 7.10. The summed E-state index contributed by atoms with van der Waals surface area (Å²) >= 11 is 5.79. The highest BCUT2D eigenvalue weighted by atomic mass is 35.5. The molecule has 0 aliphatic carbocycles. The standard InChI is InChI=1S/C16H20ClN3O2/c1-11(17)16(21)19-12(2)13-5-6-15(22-3)14(9-13)10-20-8-4-7-18-20/h4-9,11-12H,10H2,1-3H3,(H,19,21). The van der Waals surface area contributed by atoms with Crippen molar-refractivity contribution in [3.8, 4) is 5.75 Å². The molecule has 0 fully saturated rings. The van der Waals surface area contributed by atoms with Gasteiger partial charge in [-0.2, -0.15) is 5.10 Å². The lowest BCUT2D eigenvalue weighted by Gasteiger charge is -2.18. The van der Waals surface area contributed by atoms with Crippen LogP contribution in [0.4, 0.5) is 0 Å². The molecule has 22 heavy (non-hydrogen) atoms. The second-order valence-corrected chi connectivity index (χ2v) is 5.78. The van der Waals surface area contributed by atoms with Crippen molar-refractivity contribution in [3.63, 3.8) is 0 Å². The smallest absolute Gasteiger partial charge is 0.238 e. The molecular weight excluding hydrogens is 302 g/mol. The summed E-state index contributed by atoms with van der Waals surface area (Å²) in [5, 5.41) is 6.54. The van der Waals surface area contributed by atoms with Crippen molar-refractivity contribution in [2.45, 2.75) is 31.8 Å². The topological polar surface area (TPSA) is 56.1 Å². The lowest BCUT2D eigenvalue weighted by atomic mass is 10.0. The second-order valence-electron chi connectivity index (χ2n) is 5.12. The van der Waals surface area contributed by atoms with Gasteiger partial charge < -0.3 is 10.1 Å². The van der Waals surface area contributed by atoms with Crippen molar-refractivity contribution in [1.82, 2.24) is 15.1 Å². The van der Waals surface area contributed by atoms with Gasteiger partial charge in [-0.25, -0.2) is 0 Å². The van der Waals surface area contributed by atoms with Crippen molar-refractivity contribution in [3.05, 3.63) is 47.8 Å². The molecule has 1 aromatic heterocycles. The number of amides is 1. The number of nitrogens with zero attached hydrogens (tertiary/aromatic N) is 2. The normalized spacial score (nSPS) is 13.5. The molecule has 0 bridgehead atoms. The summed E-state index contributed by atoms with van der Waals surface area (Å²) in [4.78, 5) is 11.7. The van der Waals surface area contributed by atoms with E-state index in [1.54, 1.807) is 20.2 Å². The first kappa shape index (κ1) is 16.4. The maximum absolute atomic E-state index is 11.7. The summed E-state index contributed by atoms with van der Waals surface area (Å²) in [5.41, 5.74) is 2.00. The van der Waals surface area contributed by atoms with Crippen LogP contribution in [0.2, 0.25) is 0 Å². The maximum atomic E-state index is 11.7. The van der Waals surface area contributed by atoms with E-state index >= 15 is 0 Å². The van der Waals surface area contributed by atoms with Gasteiger partial charge in [-0.15, -0.1) is 11.6 Å². The van der Waals surface area contributed by atoms with E-state index in [2.05, 4.69) is 10.4 Å². The molecule has 1 amide bonds. The molecule has 6 heteroatoms. The first-order valence-corrected chi connectivity index (χ1v) is 7.53. The van der Waals surface area contributed by atoms with Gasteiger partial charge in [0.2, 0.25) is 5.91 Å². The lowest BCUT2D eigenvalue weighted by Crippen LogP contribution is -2.32. The quantitative estimate of drug-likeness (QED) is 0.832. The van der Waals surface area contributed by atoms with Gasteiger partial charge in [0.25, 0.3) is 0 Å². The third-order valence-electron chi connectivity index (χ3n) is 3.42. The predicted octanol–water partition coefficient (Wildman–Crippen LogP) is 2.74. The number of methoxy groups -OCH3 is 1. The Morgan fingerprint density at radius 2 is 2.23 bits per heavy atom. The molecule has 0 aliphatic heterocycles. The molecule has 1 heterocycles. The van der Waals surface area contributed by atoms with E-state index in [1.807, 2.05) is 42.1 Å². The fourth-order valence-corrected chi connectivity index (χ4v) is 2.23. The Morgan fingerprint density at radius 1 is 1.45 bits per heavy atom. The summed E-state index contributed by atoms with van der Waals surface area (Å²) in [5.74, 6) is 0.613. The van der Waals surface area contributed by atoms with Gasteiger partial charge >= 0.3 is 0 Å². The Labute approximate surface area is 135 Å². The Bertz CT molecular complexity index is 626. The molecular formula is C16H20ClN3O2. The SMILES string of the molecule is COc1ccc(C(C)NC(=O)C(C)Cl)cc1Cn1cccn1. The Morgan fingerprint density at radius 3 is 2.82 bits per heavy atom. The summed E-state index contributed by atoms with van der Waals surface area (Å²) in [6.45, 7) is 4.19. The van der Waals surface area contributed by atoms with E-state index in [-0.39, 0.29) is 11.9 Å². The Kier molecular flexibility index (Phi) is 5.44. The van der Waals surface area contributed by atoms with Crippen LogP contribution < -0.4 is 10.1 Å². The Balaban J connectivity index is 2.20. The zero-order valence-electron chi connectivity index (χ0n) is 12.9. The monoisotopic (exact) mass is 321 g/mol. The number of carbonyl (C=O) groups excluding carboxylic acids is 1. The summed E-state index contributed by atoms with van der Waals surface area (Å²) in [6, 6.07) is 7.61. The zero-order valence-corrected chi connectivity index (χ0v) is 13.7. The van der Waals surface area contributed by atoms with E-state index in [0.717, 1.165) is 16.9 Å². The van der Waals surface area contributed by atoms with Gasteiger partial charge in [0, 0.05) is 18.0 Å². The predicted molar refractivity (Wildman–Crippen MR) is 86.2 cm³/mol. The number of nitrogens with one attached hydrogen (secondary N) is 1. The number of carbonyl (C=O) groups is 1. The molecule has 0 radical (unpaired) electrons. The summed E-state index contributed by atoms with van der Waals surface area (Å²) < 4.78 is 7.22. The van der Waals surface area contributed by atoms with Crippen molar-refractivity contribution in [1.29, 1.82) is 0 Å². The lowest BCUT2D eigenvalue weighted by molar-refractivity contribution is -0.121. The molecule has 2 aromatic rings. The van der Waals surface area contributed by atoms with Crippen LogP contribution in [0.5, 0.6) is 5.75 Å². The summed E-state index contributed by atoms with van der Waals surface area (Å²) in [7, 11) is 1.64. The molecule has 2 atom stereocenters.